The highest BCUT2D eigenvalue weighted by Gasteiger charge is 2.22. The molecule has 0 unspecified atom stereocenters. The van der Waals surface area contributed by atoms with Crippen molar-refractivity contribution in [2.45, 2.75) is 31.7 Å². The minimum atomic E-state index is -1.07. The van der Waals surface area contributed by atoms with Crippen molar-refractivity contribution in [2.24, 2.45) is 10.7 Å². The average Bonchev–Trinajstić information content (AvgIpc) is 2.82. The summed E-state index contributed by atoms with van der Waals surface area (Å²) in [5.74, 6) is -1.08. The number of amidine groups is 1. The van der Waals surface area contributed by atoms with Crippen LogP contribution < -0.4 is 11.1 Å². The molecule has 0 spiro atoms. The van der Waals surface area contributed by atoms with Gasteiger partial charge in [0.15, 0.2) is 0 Å². The van der Waals surface area contributed by atoms with Crippen LogP contribution in [-0.2, 0) is 4.79 Å². The zero-order valence-corrected chi connectivity index (χ0v) is 18.6. The quantitative estimate of drug-likeness (QED) is 0.189. The van der Waals surface area contributed by atoms with Crippen molar-refractivity contribution in [3.8, 4) is 0 Å². The Morgan fingerprint density at radius 1 is 0.909 bits per heavy atom. The topological polar surface area (TPSA) is 105 Å². The molecule has 1 atom stereocenters. The predicted octanol–water partition coefficient (Wildman–Crippen LogP) is 4.21. The van der Waals surface area contributed by atoms with Crippen molar-refractivity contribution in [1.82, 2.24) is 5.32 Å². The van der Waals surface area contributed by atoms with Gasteiger partial charge in [0.2, 0.25) is 0 Å². The Morgan fingerprint density at radius 2 is 1.48 bits per heavy atom. The summed E-state index contributed by atoms with van der Waals surface area (Å²) in [6.45, 7) is 2.11. The Hall–Kier alpha value is -3.93. The maximum atomic E-state index is 12.9. The van der Waals surface area contributed by atoms with Gasteiger partial charge >= 0.3 is 5.97 Å². The first-order valence-corrected chi connectivity index (χ1v) is 11.0. The van der Waals surface area contributed by atoms with E-state index in [-0.39, 0.29) is 12.3 Å². The number of carbonyl (C=O) groups is 2. The van der Waals surface area contributed by atoms with Crippen LogP contribution in [-0.4, -0.2) is 35.4 Å². The van der Waals surface area contributed by atoms with Crippen LogP contribution in [0.3, 0.4) is 0 Å². The second-order valence-corrected chi connectivity index (χ2v) is 7.91. The van der Waals surface area contributed by atoms with Gasteiger partial charge in [0, 0.05) is 18.0 Å². The number of carboxylic acid groups (broad SMARTS) is 1. The summed E-state index contributed by atoms with van der Waals surface area (Å²) in [4.78, 5) is 28.7. The van der Waals surface area contributed by atoms with Gasteiger partial charge in [-0.25, -0.2) is 4.79 Å². The SMILES string of the molecule is CC(N)=NCCC[C@H](NC(=O)c1cccc(C(c2ccccc2)c2ccccc2)c1)C(=O)O. The van der Waals surface area contributed by atoms with Crippen molar-refractivity contribution >= 4 is 17.7 Å². The molecule has 0 radical (unpaired) electrons. The fraction of sp³-hybridized carbons (Fsp3) is 0.222. The molecular formula is C27H29N3O3. The van der Waals surface area contributed by atoms with E-state index in [1.165, 1.54) is 0 Å². The minimum absolute atomic E-state index is 0.0483. The monoisotopic (exact) mass is 443 g/mol. The van der Waals surface area contributed by atoms with E-state index in [4.69, 9.17) is 5.73 Å². The first-order valence-electron chi connectivity index (χ1n) is 11.0. The van der Waals surface area contributed by atoms with Crippen LogP contribution in [0, 0.1) is 0 Å². The van der Waals surface area contributed by atoms with E-state index in [1.54, 1.807) is 13.0 Å². The van der Waals surface area contributed by atoms with Crippen molar-refractivity contribution in [1.29, 1.82) is 0 Å². The van der Waals surface area contributed by atoms with Crippen molar-refractivity contribution < 1.29 is 14.7 Å². The van der Waals surface area contributed by atoms with E-state index < -0.39 is 17.9 Å². The zero-order chi connectivity index (χ0) is 23.6. The van der Waals surface area contributed by atoms with Gasteiger partial charge < -0.3 is 16.2 Å². The predicted molar refractivity (Wildman–Crippen MR) is 131 cm³/mol. The van der Waals surface area contributed by atoms with E-state index in [0.29, 0.717) is 24.4 Å². The number of nitrogens with two attached hydrogens (primary N) is 1. The highest BCUT2D eigenvalue weighted by atomic mass is 16.4. The maximum Gasteiger partial charge on any atom is 0.326 e. The number of rotatable bonds is 10. The van der Waals surface area contributed by atoms with Crippen LogP contribution >= 0.6 is 0 Å². The second-order valence-electron chi connectivity index (χ2n) is 7.91. The zero-order valence-electron chi connectivity index (χ0n) is 18.6. The lowest BCUT2D eigenvalue weighted by molar-refractivity contribution is -0.139. The number of nitrogens with zero attached hydrogens (tertiary/aromatic N) is 1. The van der Waals surface area contributed by atoms with Gasteiger partial charge in [-0.1, -0.05) is 72.8 Å². The van der Waals surface area contributed by atoms with E-state index >= 15 is 0 Å². The van der Waals surface area contributed by atoms with Gasteiger partial charge in [-0.3, -0.25) is 9.79 Å². The summed E-state index contributed by atoms with van der Waals surface area (Å²) in [7, 11) is 0. The van der Waals surface area contributed by atoms with Crippen LogP contribution in [0.4, 0.5) is 0 Å². The van der Waals surface area contributed by atoms with Gasteiger partial charge in [-0.15, -0.1) is 0 Å². The average molecular weight is 444 g/mol. The second kappa shape index (κ2) is 11.6. The molecule has 0 aliphatic carbocycles. The summed E-state index contributed by atoms with van der Waals surface area (Å²) in [5, 5.41) is 12.2. The van der Waals surface area contributed by atoms with E-state index in [1.807, 2.05) is 54.6 Å². The highest BCUT2D eigenvalue weighted by Crippen LogP contribution is 2.32. The summed E-state index contributed by atoms with van der Waals surface area (Å²) in [6, 6.07) is 26.6. The molecule has 6 heteroatoms. The summed E-state index contributed by atoms with van der Waals surface area (Å²) >= 11 is 0. The molecule has 0 saturated heterocycles. The van der Waals surface area contributed by atoms with Crippen LogP contribution in [0.2, 0.25) is 0 Å². The molecule has 0 heterocycles. The van der Waals surface area contributed by atoms with Crippen LogP contribution in [0.5, 0.6) is 0 Å². The number of aliphatic imine (C=N–C) groups is 1. The fourth-order valence-electron chi connectivity index (χ4n) is 3.78. The number of amides is 1. The van der Waals surface area contributed by atoms with Gasteiger partial charge in [-0.2, -0.15) is 0 Å². The standard InChI is InChI=1S/C27H29N3O3/c1-19(28)29-17-9-16-24(27(32)33)30-26(31)23-15-8-14-22(18-23)25(20-10-4-2-5-11-20)21-12-6-3-7-13-21/h2-8,10-15,18,24-25H,9,16-17H2,1H3,(H2,28,29)(H,30,31)(H,32,33)/t24-/m0/s1. The summed E-state index contributed by atoms with van der Waals surface area (Å²) in [5.41, 5.74) is 9.12. The molecule has 3 aromatic rings. The van der Waals surface area contributed by atoms with Crippen LogP contribution in [0.25, 0.3) is 0 Å². The number of carboxylic acids is 1. The van der Waals surface area contributed by atoms with Gasteiger partial charge in [0.1, 0.15) is 6.04 Å². The molecule has 0 saturated carbocycles. The van der Waals surface area contributed by atoms with Crippen LogP contribution in [0.1, 0.15) is 52.7 Å². The Bertz CT molecular complexity index is 1050. The molecule has 3 aromatic carbocycles. The van der Waals surface area contributed by atoms with E-state index in [0.717, 1.165) is 16.7 Å². The molecule has 33 heavy (non-hydrogen) atoms. The number of benzene rings is 3. The third kappa shape index (κ3) is 6.77. The lowest BCUT2D eigenvalue weighted by Gasteiger charge is -2.20. The van der Waals surface area contributed by atoms with Crippen molar-refractivity contribution in [3.63, 3.8) is 0 Å². The first kappa shape index (κ1) is 23.7. The molecule has 1 amide bonds. The third-order valence-corrected chi connectivity index (χ3v) is 5.36. The van der Waals surface area contributed by atoms with E-state index in [2.05, 4.69) is 34.6 Å². The number of hydrogen-bond donors (Lipinski definition) is 3. The van der Waals surface area contributed by atoms with Crippen molar-refractivity contribution in [3.05, 3.63) is 107 Å². The number of carbonyl (C=O) groups excluding carboxylic acids is 1. The fourth-order valence-corrected chi connectivity index (χ4v) is 3.78. The van der Waals surface area contributed by atoms with Gasteiger partial charge in [-0.05, 0) is 48.6 Å². The first-order chi connectivity index (χ1) is 16.0. The lowest BCUT2D eigenvalue weighted by atomic mass is 9.84. The molecule has 0 aliphatic rings. The smallest absolute Gasteiger partial charge is 0.326 e. The van der Waals surface area contributed by atoms with E-state index in [9.17, 15) is 14.7 Å². The van der Waals surface area contributed by atoms with Crippen LogP contribution in [0.15, 0.2) is 89.9 Å². The Labute approximate surface area is 194 Å². The number of nitrogens with one attached hydrogen (secondary N) is 1. The molecule has 0 bridgehead atoms. The Kier molecular flexibility index (Phi) is 8.36. The normalized spacial score (nSPS) is 12.4. The minimum Gasteiger partial charge on any atom is -0.480 e. The molecular weight excluding hydrogens is 414 g/mol. The molecule has 0 fully saturated rings. The third-order valence-electron chi connectivity index (χ3n) is 5.36. The molecule has 0 aromatic heterocycles. The molecule has 3 rings (SSSR count). The van der Waals surface area contributed by atoms with Gasteiger partial charge in [0.25, 0.3) is 5.91 Å². The molecule has 6 nitrogen and oxygen atoms in total. The van der Waals surface area contributed by atoms with Crippen molar-refractivity contribution in [2.75, 3.05) is 6.54 Å². The maximum absolute atomic E-state index is 12.9. The summed E-state index contributed by atoms with van der Waals surface area (Å²) in [6.07, 6.45) is 0.782. The highest BCUT2D eigenvalue weighted by molar-refractivity contribution is 5.96. The molecule has 0 aliphatic heterocycles. The Balaban J connectivity index is 1.82. The lowest BCUT2D eigenvalue weighted by Crippen LogP contribution is -2.40. The molecule has 4 N–H and O–H groups in total. The Morgan fingerprint density at radius 3 is 2.03 bits per heavy atom. The molecule has 170 valence electrons. The number of aliphatic carboxylic acids is 1. The number of hydrogen-bond acceptors (Lipinski definition) is 3. The largest absolute Gasteiger partial charge is 0.480 e. The van der Waals surface area contributed by atoms with Gasteiger partial charge in [0.05, 0.1) is 5.84 Å². The summed E-state index contributed by atoms with van der Waals surface area (Å²) < 4.78 is 0.